The molecule has 0 aromatic carbocycles. The van der Waals surface area contributed by atoms with E-state index in [0.29, 0.717) is 17.0 Å². The van der Waals surface area contributed by atoms with Crippen LogP contribution in [0.5, 0.6) is 0 Å². The first kappa shape index (κ1) is 14.6. The van der Waals surface area contributed by atoms with E-state index in [-0.39, 0.29) is 24.3 Å². The van der Waals surface area contributed by atoms with E-state index in [4.69, 9.17) is 5.11 Å². The van der Waals surface area contributed by atoms with Crippen LogP contribution < -0.4 is 5.32 Å². The van der Waals surface area contributed by atoms with Crippen LogP contribution in [0.25, 0.3) is 0 Å². The Kier molecular flexibility index (Phi) is 5.21. The summed E-state index contributed by atoms with van der Waals surface area (Å²) in [5.74, 6) is -1.16. The fourth-order valence-electron chi connectivity index (χ4n) is 1.49. The highest BCUT2D eigenvalue weighted by Crippen LogP contribution is 2.13. The number of carbonyl (C=O) groups excluding carboxylic acids is 1. The van der Waals surface area contributed by atoms with Crippen LogP contribution in [-0.2, 0) is 11.2 Å². The van der Waals surface area contributed by atoms with E-state index in [1.807, 2.05) is 20.8 Å². The SMILES string of the molecule is CCc1nnsc1C(=O)NC(CC(=O)O)C(C)C. The maximum Gasteiger partial charge on any atom is 0.305 e. The zero-order valence-electron chi connectivity index (χ0n) is 10.6. The van der Waals surface area contributed by atoms with Crippen molar-refractivity contribution in [3.8, 4) is 0 Å². The minimum absolute atomic E-state index is 0.0519. The third-order valence-electron chi connectivity index (χ3n) is 2.61. The number of nitrogens with one attached hydrogen (secondary N) is 1. The van der Waals surface area contributed by atoms with Gasteiger partial charge < -0.3 is 10.4 Å². The van der Waals surface area contributed by atoms with Gasteiger partial charge >= 0.3 is 5.97 Å². The van der Waals surface area contributed by atoms with Crippen molar-refractivity contribution in [2.75, 3.05) is 0 Å². The highest BCUT2D eigenvalue weighted by molar-refractivity contribution is 7.08. The first-order valence-electron chi connectivity index (χ1n) is 5.79. The maximum absolute atomic E-state index is 12.0. The van der Waals surface area contributed by atoms with Crippen molar-refractivity contribution in [3.63, 3.8) is 0 Å². The minimum Gasteiger partial charge on any atom is -0.481 e. The van der Waals surface area contributed by atoms with Crippen molar-refractivity contribution in [1.82, 2.24) is 14.9 Å². The van der Waals surface area contributed by atoms with Crippen LogP contribution in [0, 0.1) is 5.92 Å². The molecule has 0 aliphatic heterocycles. The van der Waals surface area contributed by atoms with E-state index in [0.717, 1.165) is 11.5 Å². The minimum atomic E-state index is -0.924. The number of carboxylic acids is 1. The summed E-state index contributed by atoms with van der Waals surface area (Å²) in [7, 11) is 0. The van der Waals surface area contributed by atoms with Crippen LogP contribution in [0.2, 0.25) is 0 Å². The van der Waals surface area contributed by atoms with Gasteiger partial charge in [-0.25, -0.2) is 0 Å². The number of hydrogen-bond acceptors (Lipinski definition) is 5. The summed E-state index contributed by atoms with van der Waals surface area (Å²) in [4.78, 5) is 23.2. The lowest BCUT2D eigenvalue weighted by Gasteiger charge is -2.20. The molecule has 0 saturated carbocycles. The smallest absolute Gasteiger partial charge is 0.305 e. The van der Waals surface area contributed by atoms with Crippen LogP contribution in [0.1, 0.15) is 42.6 Å². The molecular weight excluding hydrogens is 254 g/mol. The summed E-state index contributed by atoms with van der Waals surface area (Å²) in [6.45, 7) is 5.64. The molecule has 0 radical (unpaired) electrons. The second-order valence-corrected chi connectivity index (χ2v) is 5.08. The first-order valence-corrected chi connectivity index (χ1v) is 6.56. The average Bonchev–Trinajstić information content (AvgIpc) is 2.75. The molecular formula is C11H17N3O3S. The Morgan fingerprint density at radius 1 is 1.44 bits per heavy atom. The molecule has 0 bridgehead atoms. The molecule has 18 heavy (non-hydrogen) atoms. The Bertz CT molecular complexity index is 431. The largest absolute Gasteiger partial charge is 0.481 e. The number of rotatable bonds is 6. The van der Waals surface area contributed by atoms with Gasteiger partial charge in [0.15, 0.2) is 0 Å². The van der Waals surface area contributed by atoms with Crippen molar-refractivity contribution in [3.05, 3.63) is 10.6 Å². The van der Waals surface area contributed by atoms with E-state index < -0.39 is 5.97 Å². The van der Waals surface area contributed by atoms with Crippen LogP contribution in [0.4, 0.5) is 0 Å². The van der Waals surface area contributed by atoms with Gasteiger partial charge in [-0.2, -0.15) is 0 Å². The lowest BCUT2D eigenvalue weighted by molar-refractivity contribution is -0.137. The van der Waals surface area contributed by atoms with Crippen LogP contribution in [0.3, 0.4) is 0 Å². The highest BCUT2D eigenvalue weighted by atomic mass is 32.1. The van der Waals surface area contributed by atoms with Gasteiger partial charge in [0.05, 0.1) is 12.1 Å². The standard InChI is InChI=1S/C11H17N3O3S/c1-4-7-10(18-14-13-7)11(17)12-8(6(2)3)5-9(15)16/h6,8H,4-5H2,1-3H3,(H,12,17)(H,15,16). The number of aromatic nitrogens is 2. The average molecular weight is 271 g/mol. The van der Waals surface area contributed by atoms with E-state index >= 15 is 0 Å². The Morgan fingerprint density at radius 3 is 2.61 bits per heavy atom. The number of aliphatic carboxylic acids is 1. The molecule has 0 aliphatic rings. The second kappa shape index (κ2) is 6.44. The number of carboxylic acid groups (broad SMARTS) is 1. The lowest BCUT2D eigenvalue weighted by Crippen LogP contribution is -2.40. The number of hydrogen-bond donors (Lipinski definition) is 2. The molecule has 6 nitrogen and oxygen atoms in total. The molecule has 0 saturated heterocycles. The summed E-state index contributed by atoms with van der Waals surface area (Å²) >= 11 is 1.03. The number of aryl methyl sites for hydroxylation is 1. The molecule has 1 amide bonds. The Labute approximate surface area is 110 Å². The Morgan fingerprint density at radius 2 is 2.11 bits per heavy atom. The molecule has 1 rings (SSSR count). The second-order valence-electron chi connectivity index (χ2n) is 4.32. The summed E-state index contributed by atoms with van der Waals surface area (Å²) in [6.07, 6.45) is 0.543. The van der Waals surface area contributed by atoms with Crippen LogP contribution in [0.15, 0.2) is 0 Å². The molecule has 2 N–H and O–H groups in total. The topological polar surface area (TPSA) is 92.2 Å². The van der Waals surface area contributed by atoms with Crippen molar-refractivity contribution < 1.29 is 14.7 Å². The van der Waals surface area contributed by atoms with Gasteiger partial charge in [-0.3, -0.25) is 9.59 Å². The van der Waals surface area contributed by atoms with E-state index in [1.54, 1.807) is 0 Å². The molecule has 1 heterocycles. The van der Waals surface area contributed by atoms with Crippen molar-refractivity contribution in [2.45, 2.75) is 39.7 Å². The summed E-state index contributed by atoms with van der Waals surface area (Å²) in [5, 5.41) is 15.4. The Hall–Kier alpha value is -1.50. The third kappa shape index (κ3) is 3.76. The molecule has 0 aliphatic carbocycles. The van der Waals surface area contributed by atoms with Gasteiger partial charge in [-0.15, -0.1) is 5.10 Å². The number of carbonyl (C=O) groups is 2. The van der Waals surface area contributed by atoms with Crippen molar-refractivity contribution >= 4 is 23.4 Å². The highest BCUT2D eigenvalue weighted by Gasteiger charge is 2.22. The van der Waals surface area contributed by atoms with E-state index in [1.165, 1.54) is 0 Å². The monoisotopic (exact) mass is 271 g/mol. The molecule has 1 aromatic heterocycles. The predicted molar refractivity (Wildman–Crippen MR) is 67.6 cm³/mol. The summed E-state index contributed by atoms with van der Waals surface area (Å²) in [6, 6.07) is -0.387. The van der Waals surface area contributed by atoms with Gasteiger partial charge in [0, 0.05) is 6.04 Å². The Balaban J connectivity index is 2.75. The molecule has 1 aromatic rings. The zero-order chi connectivity index (χ0) is 13.7. The molecule has 0 fully saturated rings. The van der Waals surface area contributed by atoms with Gasteiger partial charge in [-0.05, 0) is 23.9 Å². The molecule has 1 atom stereocenters. The normalized spacial score (nSPS) is 12.4. The van der Waals surface area contributed by atoms with Crippen LogP contribution in [-0.4, -0.2) is 32.6 Å². The van der Waals surface area contributed by atoms with Crippen LogP contribution >= 0.6 is 11.5 Å². The first-order chi connectivity index (χ1) is 8.45. The van der Waals surface area contributed by atoms with E-state index in [9.17, 15) is 9.59 Å². The summed E-state index contributed by atoms with van der Waals surface area (Å²) < 4.78 is 3.74. The molecule has 7 heteroatoms. The molecule has 1 unspecified atom stereocenters. The quantitative estimate of drug-likeness (QED) is 0.814. The zero-order valence-corrected chi connectivity index (χ0v) is 11.5. The van der Waals surface area contributed by atoms with Gasteiger partial charge in [0.2, 0.25) is 0 Å². The molecule has 100 valence electrons. The van der Waals surface area contributed by atoms with Gasteiger partial charge in [0.1, 0.15) is 4.88 Å². The van der Waals surface area contributed by atoms with Crippen molar-refractivity contribution in [2.24, 2.45) is 5.92 Å². The third-order valence-corrected chi connectivity index (χ3v) is 3.38. The van der Waals surface area contributed by atoms with Gasteiger partial charge in [0.25, 0.3) is 5.91 Å². The fraction of sp³-hybridized carbons (Fsp3) is 0.636. The number of nitrogens with zero attached hydrogens (tertiary/aromatic N) is 2. The summed E-state index contributed by atoms with van der Waals surface area (Å²) in [5.41, 5.74) is 0.648. The van der Waals surface area contributed by atoms with E-state index in [2.05, 4.69) is 14.9 Å². The fourth-order valence-corrected chi connectivity index (χ4v) is 2.14. The van der Waals surface area contributed by atoms with Gasteiger partial charge in [-0.1, -0.05) is 25.3 Å². The predicted octanol–water partition coefficient (Wildman–Crippen LogP) is 1.33. The lowest BCUT2D eigenvalue weighted by atomic mass is 10.0. The van der Waals surface area contributed by atoms with Crippen molar-refractivity contribution in [1.29, 1.82) is 0 Å². The maximum atomic E-state index is 12.0. The molecule has 0 spiro atoms. The number of amides is 1.